The summed E-state index contributed by atoms with van der Waals surface area (Å²) in [5, 5.41) is 5.08. The SMILES string of the molecule is CC1SCCSC1c1noc(CCc2ccc(N)cc2)n1. The molecule has 3 rings (SSSR count). The minimum atomic E-state index is 0.359. The van der Waals surface area contributed by atoms with Crippen LogP contribution >= 0.6 is 23.5 Å². The van der Waals surface area contributed by atoms with Crippen molar-refractivity contribution in [2.24, 2.45) is 0 Å². The zero-order valence-electron chi connectivity index (χ0n) is 12.0. The highest BCUT2D eigenvalue weighted by Crippen LogP contribution is 2.41. The summed E-state index contributed by atoms with van der Waals surface area (Å²) < 4.78 is 5.40. The number of anilines is 1. The quantitative estimate of drug-likeness (QED) is 0.871. The minimum Gasteiger partial charge on any atom is -0.399 e. The van der Waals surface area contributed by atoms with Gasteiger partial charge in [-0.05, 0) is 24.1 Å². The lowest BCUT2D eigenvalue weighted by Crippen LogP contribution is -2.16. The molecule has 2 atom stereocenters. The van der Waals surface area contributed by atoms with Gasteiger partial charge < -0.3 is 10.3 Å². The lowest BCUT2D eigenvalue weighted by molar-refractivity contribution is 0.372. The fraction of sp³-hybridized carbons (Fsp3) is 0.467. The first-order valence-electron chi connectivity index (χ1n) is 7.12. The van der Waals surface area contributed by atoms with Crippen LogP contribution in [0.3, 0.4) is 0 Å². The molecule has 0 aliphatic carbocycles. The Hall–Kier alpha value is -1.14. The monoisotopic (exact) mass is 321 g/mol. The third-order valence-corrected chi connectivity index (χ3v) is 6.62. The number of rotatable bonds is 4. The van der Waals surface area contributed by atoms with Crippen LogP contribution in [0.15, 0.2) is 28.8 Å². The van der Waals surface area contributed by atoms with E-state index in [0.717, 1.165) is 36.0 Å². The van der Waals surface area contributed by atoms with Crippen LogP contribution in [-0.2, 0) is 12.8 Å². The summed E-state index contributed by atoms with van der Waals surface area (Å²) in [4.78, 5) is 4.58. The first-order valence-corrected chi connectivity index (χ1v) is 9.22. The first-order chi connectivity index (χ1) is 10.2. The third kappa shape index (κ3) is 3.74. The topological polar surface area (TPSA) is 64.9 Å². The molecule has 0 bridgehead atoms. The number of nitrogens with zero attached hydrogens (tertiary/aromatic N) is 2. The summed E-state index contributed by atoms with van der Waals surface area (Å²) in [7, 11) is 0. The molecule has 1 saturated heterocycles. The van der Waals surface area contributed by atoms with Crippen molar-refractivity contribution < 1.29 is 4.52 Å². The van der Waals surface area contributed by atoms with Gasteiger partial charge in [-0.3, -0.25) is 0 Å². The van der Waals surface area contributed by atoms with Gasteiger partial charge in [0.05, 0.1) is 5.25 Å². The van der Waals surface area contributed by atoms with E-state index in [1.807, 2.05) is 47.8 Å². The van der Waals surface area contributed by atoms with Crippen LogP contribution < -0.4 is 5.73 Å². The Kier molecular flexibility index (Phi) is 4.75. The second kappa shape index (κ2) is 6.75. The maximum atomic E-state index is 5.69. The largest absolute Gasteiger partial charge is 0.399 e. The summed E-state index contributed by atoms with van der Waals surface area (Å²) in [5.74, 6) is 3.95. The molecule has 2 unspecified atom stereocenters. The van der Waals surface area contributed by atoms with E-state index in [9.17, 15) is 0 Å². The Labute approximate surface area is 133 Å². The zero-order valence-corrected chi connectivity index (χ0v) is 13.6. The Morgan fingerprint density at radius 1 is 1.19 bits per heavy atom. The van der Waals surface area contributed by atoms with Crippen molar-refractivity contribution in [1.29, 1.82) is 0 Å². The summed E-state index contributed by atoms with van der Waals surface area (Å²) >= 11 is 3.92. The van der Waals surface area contributed by atoms with E-state index in [2.05, 4.69) is 17.1 Å². The molecule has 6 heteroatoms. The lowest BCUT2D eigenvalue weighted by Gasteiger charge is -2.24. The standard InChI is InChI=1S/C15H19N3OS2/c1-10-14(21-9-8-20-10)15-17-13(19-18-15)7-4-11-2-5-12(16)6-3-11/h2-3,5-6,10,14H,4,7-9,16H2,1H3. The fourth-order valence-corrected chi connectivity index (χ4v) is 5.02. The number of aryl methyl sites for hydroxylation is 2. The predicted molar refractivity (Wildman–Crippen MR) is 89.7 cm³/mol. The van der Waals surface area contributed by atoms with E-state index in [1.54, 1.807) is 0 Å². The average molecular weight is 321 g/mol. The first kappa shape index (κ1) is 14.8. The molecule has 112 valence electrons. The maximum absolute atomic E-state index is 5.69. The molecule has 2 aromatic rings. The summed E-state index contributed by atoms with van der Waals surface area (Å²) in [6.07, 6.45) is 1.67. The molecule has 0 radical (unpaired) electrons. The van der Waals surface area contributed by atoms with E-state index in [0.29, 0.717) is 10.5 Å². The highest BCUT2D eigenvalue weighted by atomic mass is 32.2. The number of hydrogen-bond acceptors (Lipinski definition) is 6. The number of thioether (sulfide) groups is 2. The fourth-order valence-electron chi connectivity index (χ4n) is 2.34. The number of hydrogen-bond donors (Lipinski definition) is 1. The van der Waals surface area contributed by atoms with Gasteiger partial charge in [-0.25, -0.2) is 0 Å². The molecule has 0 saturated carbocycles. The zero-order chi connectivity index (χ0) is 14.7. The van der Waals surface area contributed by atoms with Crippen molar-refractivity contribution >= 4 is 29.2 Å². The number of benzene rings is 1. The van der Waals surface area contributed by atoms with Crippen LogP contribution in [0.1, 0.15) is 29.5 Å². The molecule has 1 aromatic carbocycles. The summed E-state index contributed by atoms with van der Waals surface area (Å²) in [6.45, 7) is 2.24. The predicted octanol–water partition coefficient (Wildman–Crippen LogP) is 3.35. The van der Waals surface area contributed by atoms with Gasteiger partial charge in [0.1, 0.15) is 0 Å². The Morgan fingerprint density at radius 3 is 2.71 bits per heavy atom. The molecule has 0 spiro atoms. The van der Waals surface area contributed by atoms with Gasteiger partial charge in [-0.15, -0.1) is 11.8 Å². The van der Waals surface area contributed by atoms with Crippen molar-refractivity contribution in [1.82, 2.24) is 10.1 Å². The second-order valence-electron chi connectivity index (χ2n) is 5.16. The highest BCUT2D eigenvalue weighted by molar-refractivity contribution is 8.06. The van der Waals surface area contributed by atoms with E-state index in [1.165, 1.54) is 11.3 Å². The van der Waals surface area contributed by atoms with Crippen LogP contribution in [0.25, 0.3) is 0 Å². The Balaban J connectivity index is 1.61. The van der Waals surface area contributed by atoms with Gasteiger partial charge in [0.15, 0.2) is 5.82 Å². The number of nitrogens with two attached hydrogens (primary N) is 1. The van der Waals surface area contributed by atoms with Gasteiger partial charge in [0.2, 0.25) is 5.89 Å². The molecule has 1 fully saturated rings. The average Bonchev–Trinajstić information content (AvgIpc) is 2.96. The van der Waals surface area contributed by atoms with Gasteiger partial charge in [-0.1, -0.05) is 24.2 Å². The van der Waals surface area contributed by atoms with Gasteiger partial charge in [0.25, 0.3) is 0 Å². The van der Waals surface area contributed by atoms with E-state index in [-0.39, 0.29) is 0 Å². The van der Waals surface area contributed by atoms with E-state index >= 15 is 0 Å². The van der Waals surface area contributed by atoms with Crippen molar-refractivity contribution in [3.05, 3.63) is 41.5 Å². The van der Waals surface area contributed by atoms with Gasteiger partial charge >= 0.3 is 0 Å². The molecule has 4 nitrogen and oxygen atoms in total. The van der Waals surface area contributed by atoms with Crippen LogP contribution in [0.5, 0.6) is 0 Å². The number of nitrogen functional groups attached to an aromatic ring is 1. The molecule has 2 N–H and O–H groups in total. The van der Waals surface area contributed by atoms with Crippen LogP contribution in [-0.4, -0.2) is 26.9 Å². The molecule has 21 heavy (non-hydrogen) atoms. The van der Waals surface area contributed by atoms with Crippen LogP contribution in [0.4, 0.5) is 5.69 Å². The van der Waals surface area contributed by atoms with Crippen molar-refractivity contribution in [3.8, 4) is 0 Å². The molecule has 0 amide bonds. The molecule has 2 heterocycles. The smallest absolute Gasteiger partial charge is 0.227 e. The normalized spacial score (nSPS) is 22.3. The summed E-state index contributed by atoms with van der Waals surface area (Å²) in [6, 6.07) is 7.93. The van der Waals surface area contributed by atoms with Gasteiger partial charge in [-0.2, -0.15) is 16.7 Å². The van der Waals surface area contributed by atoms with Crippen molar-refractivity contribution in [2.75, 3.05) is 17.2 Å². The van der Waals surface area contributed by atoms with Crippen molar-refractivity contribution in [2.45, 2.75) is 30.3 Å². The summed E-state index contributed by atoms with van der Waals surface area (Å²) in [5.41, 5.74) is 7.72. The van der Waals surface area contributed by atoms with Gasteiger partial charge in [0, 0.05) is 28.9 Å². The van der Waals surface area contributed by atoms with Crippen LogP contribution in [0, 0.1) is 0 Å². The lowest BCUT2D eigenvalue weighted by atomic mass is 10.1. The van der Waals surface area contributed by atoms with Crippen LogP contribution in [0.2, 0.25) is 0 Å². The molecular formula is C15H19N3OS2. The maximum Gasteiger partial charge on any atom is 0.227 e. The molecule has 1 aliphatic heterocycles. The Bertz CT molecular complexity index is 585. The van der Waals surface area contributed by atoms with E-state index in [4.69, 9.17) is 10.3 Å². The van der Waals surface area contributed by atoms with Crippen molar-refractivity contribution in [3.63, 3.8) is 0 Å². The second-order valence-corrected chi connectivity index (χ2v) is 7.89. The molecule has 1 aliphatic rings. The molecular weight excluding hydrogens is 302 g/mol. The third-order valence-electron chi connectivity index (χ3n) is 3.53. The minimum absolute atomic E-state index is 0.359. The highest BCUT2D eigenvalue weighted by Gasteiger charge is 2.28. The molecule has 1 aromatic heterocycles. The van der Waals surface area contributed by atoms with E-state index < -0.39 is 0 Å². The Morgan fingerprint density at radius 2 is 1.95 bits per heavy atom. The number of aromatic nitrogens is 2.